The lowest BCUT2D eigenvalue weighted by Crippen LogP contribution is -2.34. The van der Waals surface area contributed by atoms with Crippen LogP contribution in [0, 0.1) is 6.92 Å². The molecule has 0 aliphatic carbocycles. The summed E-state index contributed by atoms with van der Waals surface area (Å²) >= 11 is 6.05. The monoisotopic (exact) mass is 414 g/mol. The van der Waals surface area contributed by atoms with Crippen molar-refractivity contribution in [1.29, 1.82) is 0 Å². The number of rotatable bonds is 2. The van der Waals surface area contributed by atoms with Gasteiger partial charge in [0, 0.05) is 41.7 Å². The Kier molecular flexibility index (Phi) is 3.96. The minimum atomic E-state index is -3.63. The van der Waals surface area contributed by atoms with Crippen molar-refractivity contribution in [3.8, 4) is 0 Å². The first-order chi connectivity index (χ1) is 13.3. The van der Waals surface area contributed by atoms with Crippen LogP contribution >= 0.6 is 11.6 Å². The molecule has 6 heteroatoms. The molecule has 3 aromatic rings. The van der Waals surface area contributed by atoms with E-state index in [1.54, 1.807) is 24.3 Å². The van der Waals surface area contributed by atoms with E-state index in [9.17, 15) is 8.42 Å². The number of sulfone groups is 1. The number of aryl methyl sites for hydroxylation is 2. The average molecular weight is 415 g/mol. The van der Waals surface area contributed by atoms with E-state index in [0.29, 0.717) is 22.0 Å². The fraction of sp³-hybridized carbons (Fsp3) is 0.364. The Morgan fingerprint density at radius 3 is 2.61 bits per heavy atom. The van der Waals surface area contributed by atoms with Crippen LogP contribution in [0.25, 0.3) is 10.9 Å². The summed E-state index contributed by atoms with van der Waals surface area (Å²) in [7, 11) is 0.686. The molecule has 1 fully saturated rings. The quantitative estimate of drug-likeness (QED) is 0.612. The molecule has 146 valence electrons. The molecule has 28 heavy (non-hydrogen) atoms. The first-order valence-electron chi connectivity index (χ1n) is 9.63. The Labute approximate surface area is 170 Å². The van der Waals surface area contributed by atoms with Gasteiger partial charge in [0.1, 0.15) is 0 Å². The van der Waals surface area contributed by atoms with Crippen molar-refractivity contribution in [3.05, 3.63) is 58.2 Å². The number of hydrogen-bond acceptors (Lipinski definition) is 3. The summed E-state index contributed by atoms with van der Waals surface area (Å²) in [5, 5.41) is 1.50. The van der Waals surface area contributed by atoms with Crippen molar-refractivity contribution in [2.75, 3.05) is 7.05 Å². The predicted octanol–water partition coefficient (Wildman–Crippen LogP) is 4.66. The summed E-state index contributed by atoms with van der Waals surface area (Å²) in [6.45, 7) is 2.01. The van der Waals surface area contributed by atoms with E-state index >= 15 is 0 Å². The minimum Gasteiger partial charge on any atom is -0.347 e. The molecule has 2 aromatic carbocycles. The molecule has 2 aliphatic heterocycles. The van der Waals surface area contributed by atoms with Crippen LogP contribution in [0.5, 0.6) is 0 Å². The second-order valence-electron chi connectivity index (χ2n) is 8.13. The van der Waals surface area contributed by atoms with Gasteiger partial charge < -0.3 is 4.57 Å². The molecule has 2 atom stereocenters. The molecule has 4 nitrogen and oxygen atoms in total. The zero-order chi connectivity index (χ0) is 19.8. The van der Waals surface area contributed by atoms with Crippen LogP contribution in [0.3, 0.4) is 0 Å². The Hall–Kier alpha value is -1.82. The summed E-state index contributed by atoms with van der Waals surface area (Å²) in [5.74, 6) is 0. The predicted molar refractivity (Wildman–Crippen MR) is 112 cm³/mol. The van der Waals surface area contributed by atoms with Gasteiger partial charge in [0.25, 0.3) is 0 Å². The van der Waals surface area contributed by atoms with Crippen molar-refractivity contribution in [2.24, 2.45) is 7.05 Å². The Morgan fingerprint density at radius 2 is 1.86 bits per heavy atom. The summed E-state index contributed by atoms with van der Waals surface area (Å²) in [4.78, 5) is 3.05. The first kappa shape index (κ1) is 18.2. The van der Waals surface area contributed by atoms with Gasteiger partial charge in [-0.1, -0.05) is 17.7 Å². The van der Waals surface area contributed by atoms with E-state index in [-0.39, 0.29) is 4.90 Å². The average Bonchev–Trinajstić information content (AvgIpc) is 3.05. The molecule has 0 spiro atoms. The third-order valence-corrected chi connectivity index (χ3v) is 8.60. The van der Waals surface area contributed by atoms with E-state index in [4.69, 9.17) is 11.6 Å². The van der Waals surface area contributed by atoms with E-state index in [1.807, 2.05) is 13.0 Å². The van der Waals surface area contributed by atoms with Crippen molar-refractivity contribution < 1.29 is 8.42 Å². The summed E-state index contributed by atoms with van der Waals surface area (Å²) < 4.78 is 28.9. The summed E-state index contributed by atoms with van der Waals surface area (Å²) in [5.41, 5.74) is 4.82. The zero-order valence-electron chi connectivity index (χ0n) is 16.2. The van der Waals surface area contributed by atoms with E-state index < -0.39 is 9.84 Å². The largest absolute Gasteiger partial charge is 0.347 e. The second kappa shape index (κ2) is 6.09. The van der Waals surface area contributed by atoms with Crippen molar-refractivity contribution in [2.45, 2.75) is 48.1 Å². The molecule has 0 amide bonds. The number of fused-ring (bicyclic) bond motifs is 6. The molecule has 3 heterocycles. The van der Waals surface area contributed by atoms with Gasteiger partial charge in [0.15, 0.2) is 0 Å². The molecule has 1 saturated heterocycles. The van der Waals surface area contributed by atoms with Gasteiger partial charge in [0.2, 0.25) is 9.84 Å². The van der Waals surface area contributed by atoms with Crippen LogP contribution in [0.1, 0.15) is 35.7 Å². The lowest BCUT2D eigenvalue weighted by atomic mass is 9.97. The van der Waals surface area contributed by atoms with Gasteiger partial charge in [-0.2, -0.15) is 0 Å². The number of aromatic nitrogens is 1. The van der Waals surface area contributed by atoms with Crippen LogP contribution < -0.4 is 0 Å². The molecule has 2 bridgehead atoms. The summed E-state index contributed by atoms with van der Waals surface area (Å²) in [6.07, 6.45) is 3.37. The lowest BCUT2D eigenvalue weighted by molar-refractivity contribution is 0.222. The number of likely N-dealkylation sites (N-methyl/N-ethyl adjacent to an activating group) is 1. The Bertz CT molecular complexity index is 1230. The Morgan fingerprint density at radius 1 is 1.07 bits per heavy atom. The lowest BCUT2D eigenvalue weighted by Gasteiger charge is -2.32. The van der Waals surface area contributed by atoms with Crippen molar-refractivity contribution in [1.82, 2.24) is 9.47 Å². The molecule has 0 radical (unpaired) electrons. The highest BCUT2D eigenvalue weighted by Crippen LogP contribution is 2.47. The van der Waals surface area contributed by atoms with E-state index in [2.05, 4.69) is 23.6 Å². The SMILES string of the molecule is Cc1cc(S(=O)(=O)c2cccc(Cl)c2)cc2c3c(n(C)c12)CC1CCC3N1C. The van der Waals surface area contributed by atoms with Gasteiger partial charge >= 0.3 is 0 Å². The highest BCUT2D eigenvalue weighted by Gasteiger charge is 2.40. The summed E-state index contributed by atoms with van der Waals surface area (Å²) in [6, 6.07) is 11.1. The highest BCUT2D eigenvalue weighted by atomic mass is 35.5. The van der Waals surface area contributed by atoms with E-state index in [1.165, 1.54) is 23.7 Å². The van der Waals surface area contributed by atoms with Gasteiger partial charge in [0.05, 0.1) is 15.3 Å². The second-order valence-corrected chi connectivity index (χ2v) is 10.5. The molecular formula is C22H23ClN2O2S. The number of nitrogens with zero attached hydrogens (tertiary/aromatic N) is 2. The number of hydrogen-bond donors (Lipinski definition) is 0. The topological polar surface area (TPSA) is 42.3 Å². The fourth-order valence-corrected chi connectivity index (χ4v) is 6.91. The van der Waals surface area contributed by atoms with E-state index in [0.717, 1.165) is 29.3 Å². The van der Waals surface area contributed by atoms with Crippen LogP contribution in [-0.4, -0.2) is 31.0 Å². The van der Waals surface area contributed by atoms with Crippen LogP contribution in [0.4, 0.5) is 0 Å². The zero-order valence-corrected chi connectivity index (χ0v) is 17.8. The first-order valence-corrected chi connectivity index (χ1v) is 11.5. The third-order valence-electron chi connectivity index (χ3n) is 6.64. The van der Waals surface area contributed by atoms with Crippen LogP contribution in [-0.2, 0) is 23.3 Å². The van der Waals surface area contributed by atoms with Gasteiger partial charge in [-0.15, -0.1) is 0 Å². The maximum Gasteiger partial charge on any atom is 0.206 e. The fourth-order valence-electron chi connectivity index (χ4n) is 5.24. The number of halogens is 1. The maximum atomic E-state index is 13.3. The minimum absolute atomic E-state index is 0.238. The standard InChI is InChI=1S/C22H23ClN2O2S/c1-13-9-17(28(26,27)16-6-4-5-14(23)10-16)12-18-21-19-8-7-15(24(19)2)11-20(21)25(3)22(13)18/h4-6,9-10,12,15,19H,7-8,11H2,1-3H3. The van der Waals surface area contributed by atoms with Gasteiger partial charge in [-0.3, -0.25) is 4.90 Å². The molecule has 0 saturated carbocycles. The molecule has 0 N–H and O–H groups in total. The molecule has 1 aromatic heterocycles. The normalized spacial score (nSPS) is 22.0. The van der Waals surface area contributed by atoms with Crippen LogP contribution in [0.15, 0.2) is 46.2 Å². The van der Waals surface area contributed by atoms with Gasteiger partial charge in [-0.25, -0.2) is 8.42 Å². The third kappa shape index (κ3) is 2.43. The van der Waals surface area contributed by atoms with Crippen molar-refractivity contribution in [3.63, 3.8) is 0 Å². The Balaban J connectivity index is 1.77. The molecule has 5 rings (SSSR count). The molecule has 2 aliphatic rings. The van der Waals surface area contributed by atoms with Crippen molar-refractivity contribution >= 4 is 32.3 Å². The maximum absolute atomic E-state index is 13.3. The molecular weight excluding hydrogens is 392 g/mol. The smallest absolute Gasteiger partial charge is 0.206 e. The van der Waals surface area contributed by atoms with Crippen LogP contribution in [0.2, 0.25) is 5.02 Å². The van der Waals surface area contributed by atoms with Gasteiger partial charge in [-0.05, 0) is 68.3 Å². The highest BCUT2D eigenvalue weighted by molar-refractivity contribution is 7.91. The number of benzene rings is 2. The molecule has 2 unspecified atom stereocenters.